The molecule has 1 aromatic heterocycles. The summed E-state index contributed by atoms with van der Waals surface area (Å²) in [6, 6.07) is 8.38. The Labute approximate surface area is 102 Å². The first-order valence-electron chi connectivity index (χ1n) is 5.68. The second-order valence-electron chi connectivity index (χ2n) is 4.41. The lowest BCUT2D eigenvalue weighted by molar-refractivity contribution is 0.403. The van der Waals surface area contributed by atoms with Crippen molar-refractivity contribution in [2.75, 3.05) is 14.1 Å². The van der Waals surface area contributed by atoms with Crippen LogP contribution in [-0.4, -0.2) is 29.0 Å². The molecule has 0 fully saturated rings. The maximum Gasteiger partial charge on any atom is 0.125 e. The number of hydrogen-bond donors (Lipinski definition) is 0. The molecule has 1 heterocycles. The highest BCUT2D eigenvalue weighted by Gasteiger charge is 2.05. The second-order valence-corrected chi connectivity index (χ2v) is 4.41. The van der Waals surface area contributed by atoms with Crippen molar-refractivity contribution in [3.05, 3.63) is 48.0 Å². The Morgan fingerprint density at radius 1 is 1.06 bits per heavy atom. The van der Waals surface area contributed by atoms with Gasteiger partial charge in [-0.2, -0.15) is 0 Å². The van der Waals surface area contributed by atoms with E-state index in [4.69, 9.17) is 0 Å². The number of aromatic nitrogens is 2. The van der Waals surface area contributed by atoms with E-state index in [1.54, 1.807) is 0 Å². The maximum absolute atomic E-state index is 4.25. The summed E-state index contributed by atoms with van der Waals surface area (Å²) in [4.78, 5) is 10.7. The van der Waals surface area contributed by atoms with Gasteiger partial charge in [0.15, 0.2) is 0 Å². The first-order valence-corrected chi connectivity index (χ1v) is 5.68. The minimum absolute atomic E-state index is 0.804. The van der Waals surface area contributed by atoms with Crippen molar-refractivity contribution in [1.82, 2.24) is 14.9 Å². The summed E-state index contributed by atoms with van der Waals surface area (Å²) in [6.45, 7) is 2.82. The smallest absolute Gasteiger partial charge is 0.125 e. The molecule has 88 valence electrons. The molecule has 0 aliphatic heterocycles. The normalized spacial score (nSPS) is 10.8. The molecule has 0 saturated carbocycles. The predicted molar refractivity (Wildman–Crippen MR) is 69.6 cm³/mol. The van der Waals surface area contributed by atoms with Crippen molar-refractivity contribution >= 4 is 0 Å². The van der Waals surface area contributed by atoms with Crippen molar-refractivity contribution in [1.29, 1.82) is 0 Å². The van der Waals surface area contributed by atoms with Crippen molar-refractivity contribution < 1.29 is 0 Å². The Bertz CT molecular complexity index is 489. The molecule has 0 amide bonds. The molecule has 1 aromatic carbocycles. The molecular formula is C14H17N3. The Hall–Kier alpha value is -1.74. The molecule has 0 N–H and O–H groups in total. The summed E-state index contributed by atoms with van der Waals surface area (Å²) in [5.74, 6) is 0.804. The van der Waals surface area contributed by atoms with Crippen LogP contribution in [0.5, 0.6) is 0 Å². The molecule has 3 nitrogen and oxygen atoms in total. The van der Waals surface area contributed by atoms with E-state index in [0.29, 0.717) is 0 Å². The van der Waals surface area contributed by atoms with Gasteiger partial charge in [0.1, 0.15) is 5.82 Å². The van der Waals surface area contributed by atoms with E-state index in [-0.39, 0.29) is 0 Å². The third-order valence-corrected chi connectivity index (χ3v) is 2.60. The highest BCUT2D eigenvalue weighted by Crippen LogP contribution is 2.23. The molecule has 0 bridgehead atoms. The summed E-state index contributed by atoms with van der Waals surface area (Å²) in [7, 11) is 4.14. The summed E-state index contributed by atoms with van der Waals surface area (Å²) in [5.41, 5.74) is 3.58. The zero-order valence-corrected chi connectivity index (χ0v) is 10.5. The summed E-state index contributed by atoms with van der Waals surface area (Å²) in [6.07, 6.45) is 3.77. The van der Waals surface area contributed by atoms with E-state index in [1.807, 2.05) is 25.4 Å². The van der Waals surface area contributed by atoms with Gasteiger partial charge in [0.05, 0.1) is 0 Å². The summed E-state index contributed by atoms with van der Waals surface area (Å²) >= 11 is 0. The SMILES string of the molecule is Cc1ncc(-c2ccccc2CN(C)C)cn1. The molecule has 0 radical (unpaired) electrons. The molecule has 0 aliphatic carbocycles. The van der Waals surface area contributed by atoms with Crippen LogP contribution < -0.4 is 0 Å². The minimum atomic E-state index is 0.804. The van der Waals surface area contributed by atoms with Gasteiger partial charge in [0.2, 0.25) is 0 Å². The van der Waals surface area contributed by atoms with E-state index >= 15 is 0 Å². The van der Waals surface area contributed by atoms with Crippen molar-refractivity contribution in [3.63, 3.8) is 0 Å². The average Bonchev–Trinajstić information content (AvgIpc) is 2.30. The van der Waals surface area contributed by atoms with Crippen molar-refractivity contribution in [3.8, 4) is 11.1 Å². The van der Waals surface area contributed by atoms with Gasteiger partial charge < -0.3 is 4.90 Å². The first kappa shape index (κ1) is 11.7. The fourth-order valence-corrected chi connectivity index (χ4v) is 1.81. The lowest BCUT2D eigenvalue weighted by Gasteiger charge is -2.13. The van der Waals surface area contributed by atoms with Gasteiger partial charge in [0.25, 0.3) is 0 Å². The highest BCUT2D eigenvalue weighted by atomic mass is 15.0. The molecule has 0 saturated heterocycles. The Morgan fingerprint density at radius 3 is 2.35 bits per heavy atom. The lowest BCUT2D eigenvalue weighted by Crippen LogP contribution is -2.11. The molecular weight excluding hydrogens is 210 g/mol. The van der Waals surface area contributed by atoms with E-state index in [0.717, 1.165) is 17.9 Å². The Morgan fingerprint density at radius 2 is 1.71 bits per heavy atom. The number of hydrogen-bond acceptors (Lipinski definition) is 3. The molecule has 2 aromatic rings. The molecule has 3 heteroatoms. The third-order valence-electron chi connectivity index (χ3n) is 2.60. The molecule has 0 spiro atoms. The summed E-state index contributed by atoms with van der Waals surface area (Å²) < 4.78 is 0. The van der Waals surface area contributed by atoms with Gasteiger partial charge in [-0.3, -0.25) is 0 Å². The van der Waals surface area contributed by atoms with E-state index in [2.05, 4.69) is 47.2 Å². The van der Waals surface area contributed by atoms with Crippen LogP contribution in [0.25, 0.3) is 11.1 Å². The van der Waals surface area contributed by atoms with Crippen LogP contribution in [0.4, 0.5) is 0 Å². The van der Waals surface area contributed by atoms with Crippen LogP contribution in [0.15, 0.2) is 36.7 Å². The first-order chi connectivity index (χ1) is 8.16. The number of nitrogens with zero attached hydrogens (tertiary/aromatic N) is 3. The van der Waals surface area contributed by atoms with Crippen LogP contribution in [-0.2, 0) is 6.54 Å². The molecule has 17 heavy (non-hydrogen) atoms. The summed E-state index contributed by atoms with van der Waals surface area (Å²) in [5, 5.41) is 0. The monoisotopic (exact) mass is 227 g/mol. The highest BCUT2D eigenvalue weighted by molar-refractivity contribution is 5.65. The molecule has 0 unspecified atom stereocenters. The van der Waals surface area contributed by atoms with Gasteiger partial charge in [-0.15, -0.1) is 0 Å². The van der Waals surface area contributed by atoms with Crippen molar-refractivity contribution in [2.24, 2.45) is 0 Å². The zero-order chi connectivity index (χ0) is 12.3. The van der Waals surface area contributed by atoms with Gasteiger partial charge in [-0.05, 0) is 32.1 Å². The van der Waals surface area contributed by atoms with Crippen LogP contribution in [0.3, 0.4) is 0 Å². The van der Waals surface area contributed by atoms with Crippen LogP contribution in [0.1, 0.15) is 11.4 Å². The van der Waals surface area contributed by atoms with Gasteiger partial charge in [0, 0.05) is 24.5 Å². The standard InChI is InChI=1S/C14H17N3/c1-11-15-8-13(9-16-11)14-7-5-4-6-12(14)10-17(2)3/h4-9H,10H2,1-3H3. The quantitative estimate of drug-likeness (QED) is 0.806. The molecule has 0 aliphatic rings. The van der Waals surface area contributed by atoms with E-state index in [9.17, 15) is 0 Å². The van der Waals surface area contributed by atoms with Gasteiger partial charge in [-0.1, -0.05) is 24.3 Å². The minimum Gasteiger partial charge on any atom is -0.305 e. The maximum atomic E-state index is 4.25. The predicted octanol–water partition coefficient (Wildman–Crippen LogP) is 2.51. The zero-order valence-electron chi connectivity index (χ0n) is 10.5. The van der Waals surface area contributed by atoms with Crippen molar-refractivity contribution in [2.45, 2.75) is 13.5 Å². The average molecular weight is 227 g/mol. The van der Waals surface area contributed by atoms with Crippen LogP contribution >= 0.6 is 0 Å². The largest absolute Gasteiger partial charge is 0.305 e. The Kier molecular flexibility index (Phi) is 3.49. The second kappa shape index (κ2) is 5.06. The van der Waals surface area contributed by atoms with E-state index < -0.39 is 0 Å². The number of rotatable bonds is 3. The van der Waals surface area contributed by atoms with Crippen LogP contribution in [0, 0.1) is 6.92 Å². The van der Waals surface area contributed by atoms with Crippen LogP contribution in [0.2, 0.25) is 0 Å². The van der Waals surface area contributed by atoms with E-state index in [1.165, 1.54) is 11.1 Å². The third kappa shape index (κ3) is 2.88. The molecule has 0 atom stereocenters. The fraction of sp³-hybridized carbons (Fsp3) is 0.286. The Balaban J connectivity index is 2.40. The number of aryl methyl sites for hydroxylation is 1. The fourth-order valence-electron chi connectivity index (χ4n) is 1.81. The van der Waals surface area contributed by atoms with Gasteiger partial charge >= 0.3 is 0 Å². The van der Waals surface area contributed by atoms with Gasteiger partial charge in [-0.25, -0.2) is 9.97 Å². The lowest BCUT2D eigenvalue weighted by atomic mass is 10.0. The number of benzene rings is 1. The molecule has 2 rings (SSSR count). The topological polar surface area (TPSA) is 29.0 Å².